The van der Waals surface area contributed by atoms with Gasteiger partial charge in [-0.2, -0.15) is 0 Å². The lowest BCUT2D eigenvalue weighted by Crippen LogP contribution is -2.02. The molecule has 0 bridgehead atoms. The van der Waals surface area contributed by atoms with Crippen LogP contribution in [0, 0.1) is 10.5 Å². The minimum Gasteiger partial charge on any atom is -0.465 e. The van der Waals surface area contributed by atoms with Crippen molar-refractivity contribution in [3.8, 4) is 0 Å². The topological polar surface area (TPSA) is 52.6 Å². The largest absolute Gasteiger partial charge is 0.465 e. The van der Waals surface area contributed by atoms with Crippen molar-refractivity contribution in [2.24, 2.45) is 0 Å². The Balaban J connectivity index is 0.000000186. The molecule has 4 rings (SSSR count). The lowest BCUT2D eigenvalue weighted by Gasteiger charge is -2.00. The molecule has 0 heterocycles. The third-order valence-electron chi connectivity index (χ3n) is 4.67. The zero-order valence-corrected chi connectivity index (χ0v) is 23.1. The van der Waals surface area contributed by atoms with Gasteiger partial charge in [0.2, 0.25) is 0 Å². The van der Waals surface area contributed by atoms with Gasteiger partial charge in [0.05, 0.1) is 25.3 Å². The van der Waals surface area contributed by atoms with E-state index in [0.29, 0.717) is 11.1 Å². The standard InChI is InChI=1S/C12H11P.C9H10O2.C8H7IO2/c1-3-7-11(8-4-1)13-12-9-5-2-6-10-12;1-7-5-3-4-6-8(7)9(10)11-2;1-11-8(10)6-4-2-3-5-7(6)9/h1-10,13H;3-6H,1-2H3;2-5H,1H3. The van der Waals surface area contributed by atoms with Gasteiger partial charge < -0.3 is 9.47 Å². The summed E-state index contributed by atoms with van der Waals surface area (Å²) in [5.74, 6) is -0.557. The number of rotatable bonds is 4. The van der Waals surface area contributed by atoms with E-state index < -0.39 is 0 Å². The Labute approximate surface area is 222 Å². The van der Waals surface area contributed by atoms with E-state index in [2.05, 4.69) is 92.7 Å². The van der Waals surface area contributed by atoms with Crippen LogP contribution in [0.4, 0.5) is 0 Å². The minimum atomic E-state index is -0.282. The fourth-order valence-corrected chi connectivity index (χ4v) is 4.52. The Morgan fingerprint density at radius 1 is 0.600 bits per heavy atom. The average Bonchev–Trinajstić information content (AvgIpc) is 2.90. The van der Waals surface area contributed by atoms with Crippen LogP contribution in [0.15, 0.2) is 109 Å². The van der Waals surface area contributed by atoms with Crippen LogP contribution in [0.25, 0.3) is 0 Å². The maximum Gasteiger partial charge on any atom is 0.338 e. The lowest BCUT2D eigenvalue weighted by atomic mass is 10.1. The Morgan fingerprint density at radius 3 is 1.46 bits per heavy atom. The normalized spacial score (nSPS) is 9.49. The van der Waals surface area contributed by atoms with Crippen LogP contribution in [0.3, 0.4) is 0 Å². The first-order valence-electron chi connectivity index (χ1n) is 10.8. The summed E-state index contributed by atoms with van der Waals surface area (Å²) in [6.45, 7) is 1.88. The van der Waals surface area contributed by atoms with Crippen LogP contribution in [0.1, 0.15) is 26.3 Å². The number of esters is 2. The van der Waals surface area contributed by atoms with Crippen molar-refractivity contribution >= 4 is 53.7 Å². The molecule has 0 saturated carbocycles. The van der Waals surface area contributed by atoms with E-state index in [4.69, 9.17) is 0 Å². The summed E-state index contributed by atoms with van der Waals surface area (Å²) in [6, 6.07) is 35.8. The second-order valence-corrected chi connectivity index (χ2v) is 9.70. The first kappa shape index (κ1) is 28.2. The van der Waals surface area contributed by atoms with Crippen molar-refractivity contribution in [1.29, 1.82) is 0 Å². The molecule has 0 saturated heterocycles. The molecule has 0 aromatic heterocycles. The van der Waals surface area contributed by atoms with Gasteiger partial charge in [0.1, 0.15) is 0 Å². The molecule has 4 nitrogen and oxygen atoms in total. The predicted molar refractivity (Wildman–Crippen MR) is 153 cm³/mol. The number of hydrogen-bond donors (Lipinski definition) is 0. The molecule has 0 amide bonds. The van der Waals surface area contributed by atoms with E-state index in [0.717, 1.165) is 17.7 Å². The van der Waals surface area contributed by atoms with Gasteiger partial charge in [0.25, 0.3) is 0 Å². The highest BCUT2D eigenvalue weighted by Gasteiger charge is 2.07. The van der Waals surface area contributed by atoms with Crippen molar-refractivity contribution < 1.29 is 19.1 Å². The van der Waals surface area contributed by atoms with Crippen LogP contribution in [0.2, 0.25) is 0 Å². The zero-order chi connectivity index (χ0) is 25.5. The molecule has 180 valence electrons. The molecule has 4 aromatic carbocycles. The fraction of sp³-hybridized carbons (Fsp3) is 0.103. The number of hydrogen-bond acceptors (Lipinski definition) is 4. The highest BCUT2D eigenvalue weighted by molar-refractivity contribution is 14.1. The summed E-state index contributed by atoms with van der Waals surface area (Å²) in [6.07, 6.45) is 0. The quantitative estimate of drug-likeness (QED) is 0.160. The van der Waals surface area contributed by atoms with Crippen LogP contribution in [-0.2, 0) is 9.47 Å². The van der Waals surface area contributed by atoms with Crippen molar-refractivity contribution in [2.75, 3.05) is 14.2 Å². The summed E-state index contributed by atoms with van der Waals surface area (Å²) in [5, 5.41) is 2.79. The second-order valence-electron chi connectivity index (χ2n) is 7.13. The van der Waals surface area contributed by atoms with Crippen LogP contribution >= 0.6 is 31.2 Å². The molecule has 0 radical (unpaired) electrons. The maximum absolute atomic E-state index is 11.0. The third-order valence-corrected chi connectivity index (χ3v) is 6.85. The lowest BCUT2D eigenvalue weighted by molar-refractivity contribution is 0.0591. The first-order valence-corrected chi connectivity index (χ1v) is 12.9. The van der Waals surface area contributed by atoms with E-state index in [9.17, 15) is 9.59 Å². The second kappa shape index (κ2) is 15.8. The number of methoxy groups -OCH3 is 2. The molecule has 0 aliphatic heterocycles. The monoisotopic (exact) mass is 598 g/mol. The number of benzene rings is 4. The number of carbonyl (C=O) groups excluding carboxylic acids is 2. The molecule has 6 heteroatoms. The van der Waals surface area contributed by atoms with E-state index in [-0.39, 0.29) is 11.9 Å². The Bertz CT molecular complexity index is 1100. The fourth-order valence-electron chi connectivity index (χ4n) is 2.86. The summed E-state index contributed by atoms with van der Waals surface area (Å²) in [5.41, 5.74) is 2.20. The van der Waals surface area contributed by atoms with Gasteiger partial charge in [-0.15, -0.1) is 0 Å². The smallest absolute Gasteiger partial charge is 0.338 e. The van der Waals surface area contributed by atoms with E-state index in [1.165, 1.54) is 24.8 Å². The van der Waals surface area contributed by atoms with Gasteiger partial charge in [-0.25, -0.2) is 9.59 Å². The molecule has 0 aliphatic carbocycles. The van der Waals surface area contributed by atoms with E-state index in [1.807, 2.05) is 43.3 Å². The van der Waals surface area contributed by atoms with Crippen LogP contribution < -0.4 is 10.6 Å². The molecule has 35 heavy (non-hydrogen) atoms. The molecule has 4 aromatic rings. The van der Waals surface area contributed by atoms with Gasteiger partial charge >= 0.3 is 11.9 Å². The van der Waals surface area contributed by atoms with Crippen molar-refractivity contribution in [3.63, 3.8) is 0 Å². The Hall–Kier alpha value is -3.02. The van der Waals surface area contributed by atoms with Crippen molar-refractivity contribution in [1.82, 2.24) is 0 Å². The number of halogens is 1. The highest BCUT2D eigenvalue weighted by atomic mass is 127. The number of ether oxygens (including phenoxy) is 2. The molecule has 0 atom stereocenters. The molecule has 0 fully saturated rings. The summed E-state index contributed by atoms with van der Waals surface area (Å²) in [7, 11) is 3.54. The van der Waals surface area contributed by atoms with Crippen molar-refractivity contribution in [2.45, 2.75) is 6.92 Å². The van der Waals surface area contributed by atoms with Crippen LogP contribution in [0.5, 0.6) is 0 Å². The Kier molecular flexibility index (Phi) is 12.7. The summed E-state index contributed by atoms with van der Waals surface area (Å²) < 4.78 is 10.1. The minimum absolute atomic E-state index is 0.275. The highest BCUT2D eigenvalue weighted by Crippen LogP contribution is 2.12. The maximum atomic E-state index is 11.0. The molecular weight excluding hydrogens is 570 g/mol. The van der Waals surface area contributed by atoms with E-state index >= 15 is 0 Å². The summed E-state index contributed by atoms with van der Waals surface area (Å²) in [4.78, 5) is 22.0. The van der Waals surface area contributed by atoms with Gasteiger partial charge in [0.15, 0.2) is 0 Å². The first-order chi connectivity index (χ1) is 17.0. The predicted octanol–water partition coefficient (Wildman–Crippen LogP) is 6.18. The van der Waals surface area contributed by atoms with Gasteiger partial charge in [-0.05, 0) is 63.9 Å². The van der Waals surface area contributed by atoms with Gasteiger partial charge in [-0.3, -0.25) is 0 Å². The molecular formula is C29H28IO4P. The average molecular weight is 598 g/mol. The van der Waals surface area contributed by atoms with Gasteiger partial charge in [0, 0.05) is 3.57 Å². The molecule has 0 aliphatic rings. The van der Waals surface area contributed by atoms with Crippen LogP contribution in [-0.4, -0.2) is 26.2 Å². The summed E-state index contributed by atoms with van der Waals surface area (Å²) >= 11 is 2.10. The molecule has 0 N–H and O–H groups in total. The zero-order valence-electron chi connectivity index (χ0n) is 19.9. The third kappa shape index (κ3) is 10.0. The molecule has 0 spiro atoms. The number of aryl methyl sites for hydroxylation is 1. The SMILES string of the molecule is COC(=O)c1ccccc1C.COC(=O)c1ccccc1I.c1ccc(Pc2ccccc2)cc1. The number of carbonyl (C=O) groups is 2. The van der Waals surface area contributed by atoms with Crippen molar-refractivity contribution in [3.05, 3.63) is 129 Å². The Morgan fingerprint density at radius 2 is 1.00 bits per heavy atom. The van der Waals surface area contributed by atoms with E-state index in [1.54, 1.807) is 12.1 Å². The molecule has 0 unspecified atom stereocenters. The van der Waals surface area contributed by atoms with Gasteiger partial charge in [-0.1, -0.05) is 99.6 Å².